The Balaban J connectivity index is 3.12. The van der Waals surface area contributed by atoms with E-state index in [0.717, 1.165) is 12.1 Å². The zero-order chi connectivity index (χ0) is 9.14. The van der Waals surface area contributed by atoms with Gasteiger partial charge in [-0.1, -0.05) is 0 Å². The third kappa shape index (κ3) is 1.57. The van der Waals surface area contributed by atoms with Gasteiger partial charge in [-0.15, -0.1) is 0 Å². The molecule has 2 N–H and O–H groups in total. The van der Waals surface area contributed by atoms with Gasteiger partial charge in [-0.2, -0.15) is 0 Å². The van der Waals surface area contributed by atoms with Crippen molar-refractivity contribution in [3.8, 4) is 0 Å². The van der Waals surface area contributed by atoms with Gasteiger partial charge in [-0.25, -0.2) is 14.6 Å². The van der Waals surface area contributed by atoms with E-state index >= 15 is 0 Å². The van der Waals surface area contributed by atoms with Crippen LogP contribution in [0.3, 0.4) is 0 Å². The molecule has 0 saturated carbocycles. The second kappa shape index (κ2) is 3.00. The van der Waals surface area contributed by atoms with Crippen LogP contribution in [0.4, 0.5) is 0 Å². The Labute approximate surface area is 67.3 Å². The fourth-order valence-electron chi connectivity index (χ4n) is 0.626. The van der Waals surface area contributed by atoms with E-state index in [2.05, 4.69) is 11.2 Å². The summed E-state index contributed by atoms with van der Waals surface area (Å²) in [4.78, 5) is 24.0. The van der Waals surface area contributed by atoms with Crippen LogP contribution in [0.5, 0.6) is 0 Å². The van der Waals surface area contributed by atoms with Crippen molar-refractivity contribution < 1.29 is 19.8 Å². The zero-order valence-electron chi connectivity index (χ0n) is 5.81. The lowest BCUT2D eigenvalue weighted by atomic mass is 10.2. The maximum atomic E-state index is 10.3. The largest absolute Gasteiger partial charge is 0.478 e. The number of hydrogen-bond acceptors (Lipinski definition) is 3. The normalized spacial score (nSPS) is 9.33. The van der Waals surface area contributed by atoms with Crippen LogP contribution in [0.25, 0.3) is 0 Å². The van der Waals surface area contributed by atoms with Gasteiger partial charge in [0, 0.05) is 0 Å². The lowest BCUT2D eigenvalue weighted by Crippen LogP contribution is -2.04. The Bertz CT molecular complexity index is 305. The summed E-state index contributed by atoms with van der Waals surface area (Å²) in [6, 6.07) is 2.08. The van der Waals surface area contributed by atoms with E-state index in [1.807, 2.05) is 0 Å². The summed E-state index contributed by atoms with van der Waals surface area (Å²) in [5, 5.41) is 16.9. The van der Waals surface area contributed by atoms with Gasteiger partial charge >= 0.3 is 11.9 Å². The number of aromatic nitrogens is 1. The Morgan fingerprint density at radius 3 is 2.50 bits per heavy atom. The van der Waals surface area contributed by atoms with Crippen molar-refractivity contribution in [3.63, 3.8) is 0 Å². The number of carbonyl (C=O) groups is 2. The van der Waals surface area contributed by atoms with E-state index in [1.165, 1.54) is 0 Å². The monoisotopic (exact) mass is 166 g/mol. The molecule has 1 heterocycles. The highest BCUT2D eigenvalue weighted by Crippen LogP contribution is 2.00. The quantitative estimate of drug-likeness (QED) is 0.658. The van der Waals surface area contributed by atoms with Crippen LogP contribution in [-0.2, 0) is 0 Å². The Morgan fingerprint density at radius 2 is 2.00 bits per heavy atom. The standard InChI is InChI=1S/C7H4NO4/c9-6(10)4-1-2-8-5(3-4)7(11)12/h1,3H,(H,9,10)(H,11,12). The first-order chi connectivity index (χ1) is 5.61. The Morgan fingerprint density at radius 1 is 1.33 bits per heavy atom. The van der Waals surface area contributed by atoms with Crippen LogP contribution < -0.4 is 0 Å². The lowest BCUT2D eigenvalue weighted by molar-refractivity contribution is 0.0690. The van der Waals surface area contributed by atoms with Gasteiger partial charge in [-0.3, -0.25) is 0 Å². The molecule has 0 aliphatic rings. The highest BCUT2D eigenvalue weighted by molar-refractivity contribution is 5.92. The molecule has 0 amide bonds. The van der Waals surface area contributed by atoms with E-state index in [9.17, 15) is 9.59 Å². The average Bonchev–Trinajstić information content (AvgIpc) is 2.04. The molecule has 0 atom stereocenters. The SMILES string of the molecule is O=C(O)c1c[c]nc(C(=O)O)c1. The number of nitrogens with zero attached hydrogens (tertiary/aromatic N) is 1. The van der Waals surface area contributed by atoms with Crippen molar-refractivity contribution >= 4 is 11.9 Å². The molecule has 0 bridgehead atoms. The van der Waals surface area contributed by atoms with Crippen molar-refractivity contribution in [2.45, 2.75) is 0 Å². The summed E-state index contributed by atoms with van der Waals surface area (Å²) in [6.45, 7) is 0. The number of aromatic carboxylic acids is 2. The van der Waals surface area contributed by atoms with Crippen molar-refractivity contribution in [3.05, 3.63) is 29.6 Å². The van der Waals surface area contributed by atoms with E-state index < -0.39 is 11.9 Å². The highest BCUT2D eigenvalue weighted by Gasteiger charge is 2.08. The predicted molar refractivity (Wildman–Crippen MR) is 37.0 cm³/mol. The first-order valence-electron chi connectivity index (χ1n) is 2.96. The maximum Gasteiger partial charge on any atom is 0.354 e. The van der Waals surface area contributed by atoms with Gasteiger partial charge in [0.2, 0.25) is 0 Å². The molecule has 0 unspecified atom stereocenters. The summed E-state index contributed by atoms with van der Waals surface area (Å²) in [5.74, 6) is -2.47. The second-order valence-corrected chi connectivity index (χ2v) is 1.98. The van der Waals surface area contributed by atoms with Crippen LogP contribution in [0.1, 0.15) is 20.8 Å². The Hall–Kier alpha value is -1.91. The number of hydrogen-bond donors (Lipinski definition) is 2. The third-order valence-corrected chi connectivity index (χ3v) is 1.16. The van der Waals surface area contributed by atoms with Gasteiger partial charge in [-0.05, 0) is 12.1 Å². The minimum absolute atomic E-state index is 0.137. The van der Waals surface area contributed by atoms with Gasteiger partial charge in [0.05, 0.1) is 11.8 Å². The molecule has 0 spiro atoms. The summed E-state index contributed by atoms with van der Waals surface area (Å²) in [5.41, 5.74) is -0.461. The molecule has 5 heteroatoms. The number of carboxylic acid groups (broad SMARTS) is 2. The van der Waals surface area contributed by atoms with Crippen molar-refractivity contribution in [2.75, 3.05) is 0 Å². The van der Waals surface area contributed by atoms with Gasteiger partial charge in [0.25, 0.3) is 0 Å². The molecule has 0 saturated heterocycles. The summed E-state index contributed by atoms with van der Waals surface area (Å²) in [7, 11) is 0. The summed E-state index contributed by atoms with van der Waals surface area (Å²) in [6.07, 6.45) is 2.18. The van der Waals surface area contributed by atoms with Gasteiger partial charge in [0.15, 0.2) is 0 Å². The summed E-state index contributed by atoms with van der Waals surface area (Å²) >= 11 is 0. The lowest BCUT2D eigenvalue weighted by Gasteiger charge is -1.94. The minimum atomic E-state index is -1.27. The van der Waals surface area contributed by atoms with E-state index in [4.69, 9.17) is 10.2 Å². The Kier molecular flexibility index (Phi) is 2.05. The third-order valence-electron chi connectivity index (χ3n) is 1.16. The van der Waals surface area contributed by atoms with Crippen LogP contribution >= 0.6 is 0 Å². The van der Waals surface area contributed by atoms with E-state index in [-0.39, 0.29) is 11.3 Å². The zero-order valence-corrected chi connectivity index (χ0v) is 5.81. The molecule has 0 aromatic carbocycles. The summed E-state index contributed by atoms with van der Waals surface area (Å²) < 4.78 is 0. The molecule has 0 fully saturated rings. The molecule has 5 nitrogen and oxygen atoms in total. The van der Waals surface area contributed by atoms with Crippen molar-refractivity contribution in [1.82, 2.24) is 4.98 Å². The predicted octanol–water partition coefficient (Wildman–Crippen LogP) is 0.278. The molecule has 0 aliphatic heterocycles. The van der Waals surface area contributed by atoms with Crippen molar-refractivity contribution in [1.29, 1.82) is 0 Å². The van der Waals surface area contributed by atoms with Crippen LogP contribution in [0.15, 0.2) is 12.1 Å². The molecule has 61 valence electrons. The molecular formula is C7H4NO4. The smallest absolute Gasteiger partial charge is 0.354 e. The van der Waals surface area contributed by atoms with Gasteiger partial charge in [0.1, 0.15) is 5.69 Å². The molecule has 0 aliphatic carbocycles. The molecule has 1 aromatic heterocycles. The van der Waals surface area contributed by atoms with Crippen LogP contribution in [-0.4, -0.2) is 27.1 Å². The van der Waals surface area contributed by atoms with E-state index in [1.54, 1.807) is 0 Å². The minimum Gasteiger partial charge on any atom is -0.478 e. The number of rotatable bonds is 2. The fraction of sp³-hybridized carbons (Fsp3) is 0. The molecule has 1 rings (SSSR count). The molecule has 1 radical (unpaired) electrons. The topological polar surface area (TPSA) is 87.5 Å². The first kappa shape index (κ1) is 8.19. The number of pyridine rings is 1. The van der Waals surface area contributed by atoms with Crippen LogP contribution in [0, 0.1) is 6.20 Å². The van der Waals surface area contributed by atoms with Crippen molar-refractivity contribution in [2.24, 2.45) is 0 Å². The number of carboxylic acids is 2. The average molecular weight is 166 g/mol. The fourth-order valence-corrected chi connectivity index (χ4v) is 0.626. The second-order valence-electron chi connectivity index (χ2n) is 1.98. The highest BCUT2D eigenvalue weighted by atomic mass is 16.4. The molecule has 12 heavy (non-hydrogen) atoms. The maximum absolute atomic E-state index is 10.3. The van der Waals surface area contributed by atoms with Gasteiger partial charge < -0.3 is 10.2 Å². The van der Waals surface area contributed by atoms with Crippen LogP contribution in [0.2, 0.25) is 0 Å². The molecule has 1 aromatic rings. The van der Waals surface area contributed by atoms with E-state index in [0.29, 0.717) is 0 Å². The first-order valence-corrected chi connectivity index (χ1v) is 2.96. The molecular weight excluding hydrogens is 162 g/mol.